The number of alkyl halides is 2. The smallest absolute Gasteiger partial charge is 0.257 e. The molecule has 6 nitrogen and oxygen atoms in total. The van der Waals surface area contributed by atoms with Gasteiger partial charge in [-0.2, -0.15) is 9.40 Å². The Morgan fingerprint density at radius 3 is 2.65 bits per heavy atom. The summed E-state index contributed by atoms with van der Waals surface area (Å²) in [4.78, 5) is -0.104. The van der Waals surface area contributed by atoms with Crippen molar-refractivity contribution in [3.05, 3.63) is 48.3 Å². The van der Waals surface area contributed by atoms with Gasteiger partial charge < -0.3 is 5.11 Å². The van der Waals surface area contributed by atoms with Gasteiger partial charge in [0.05, 0.1) is 6.20 Å². The molecule has 142 valence electrons. The van der Waals surface area contributed by atoms with Crippen LogP contribution in [-0.2, 0) is 16.6 Å². The number of hydrogen-bond acceptors (Lipinski definition) is 4. The lowest BCUT2D eigenvalue weighted by Gasteiger charge is -2.37. The maximum absolute atomic E-state index is 12.8. The Labute approximate surface area is 151 Å². The predicted molar refractivity (Wildman–Crippen MR) is 91.4 cm³/mol. The number of aliphatic hydroxyl groups excluding tert-OH is 1. The van der Waals surface area contributed by atoms with Crippen LogP contribution in [0.4, 0.5) is 8.78 Å². The first-order chi connectivity index (χ1) is 12.4. The van der Waals surface area contributed by atoms with E-state index in [-0.39, 0.29) is 29.9 Å². The zero-order valence-electron chi connectivity index (χ0n) is 14.1. The fourth-order valence-corrected chi connectivity index (χ4v) is 4.88. The van der Waals surface area contributed by atoms with Crippen molar-refractivity contribution in [2.24, 2.45) is 5.92 Å². The monoisotopic (exact) mass is 385 g/mol. The highest BCUT2D eigenvalue weighted by Crippen LogP contribution is 2.34. The zero-order chi connectivity index (χ0) is 18.7. The van der Waals surface area contributed by atoms with Crippen LogP contribution in [0.5, 0.6) is 0 Å². The van der Waals surface area contributed by atoms with Crippen LogP contribution in [0.1, 0.15) is 17.9 Å². The third-order valence-corrected chi connectivity index (χ3v) is 6.55. The van der Waals surface area contributed by atoms with E-state index in [1.54, 1.807) is 0 Å². The number of halogens is 2. The summed E-state index contributed by atoms with van der Waals surface area (Å²) in [6.07, 6.45) is 0.193. The normalized spacial score (nSPS) is 22.0. The minimum absolute atomic E-state index is 0.0780. The number of sulfonamides is 1. The first-order valence-corrected chi connectivity index (χ1v) is 9.82. The highest BCUT2D eigenvalue weighted by molar-refractivity contribution is 7.89. The van der Waals surface area contributed by atoms with Crippen molar-refractivity contribution < 1.29 is 22.3 Å². The molecule has 1 N–H and O–H groups in total. The average Bonchev–Trinajstić information content (AvgIpc) is 3.10. The molecular formula is C17H21F2N3O3S. The van der Waals surface area contributed by atoms with E-state index in [4.69, 9.17) is 0 Å². The summed E-state index contributed by atoms with van der Waals surface area (Å²) in [7, 11) is -3.83. The first kappa shape index (κ1) is 18.9. The van der Waals surface area contributed by atoms with Crippen molar-refractivity contribution >= 4 is 10.0 Å². The van der Waals surface area contributed by atoms with E-state index in [0.29, 0.717) is 13.0 Å². The summed E-state index contributed by atoms with van der Waals surface area (Å²) in [6, 6.07) is 9.71. The molecule has 0 amide bonds. The molecule has 0 saturated carbocycles. The number of nitrogens with zero attached hydrogens (tertiary/aromatic N) is 3. The van der Waals surface area contributed by atoms with Crippen molar-refractivity contribution in [1.29, 1.82) is 0 Å². The van der Waals surface area contributed by atoms with Crippen LogP contribution < -0.4 is 0 Å². The van der Waals surface area contributed by atoms with Crippen LogP contribution in [0.25, 0.3) is 0 Å². The molecule has 26 heavy (non-hydrogen) atoms. The lowest BCUT2D eigenvalue weighted by Crippen LogP contribution is -2.44. The van der Waals surface area contributed by atoms with Gasteiger partial charge in [0.15, 0.2) is 0 Å². The van der Waals surface area contributed by atoms with E-state index in [1.165, 1.54) is 4.31 Å². The van der Waals surface area contributed by atoms with E-state index >= 15 is 0 Å². The quantitative estimate of drug-likeness (QED) is 0.825. The minimum atomic E-state index is -3.83. The molecule has 0 aliphatic carbocycles. The molecule has 1 aromatic heterocycles. The van der Waals surface area contributed by atoms with Crippen LogP contribution in [-0.4, -0.2) is 53.7 Å². The second kappa shape index (κ2) is 7.81. The maximum atomic E-state index is 12.8. The maximum Gasteiger partial charge on any atom is 0.257 e. The van der Waals surface area contributed by atoms with Gasteiger partial charge in [0, 0.05) is 31.8 Å². The second-order valence-corrected chi connectivity index (χ2v) is 8.34. The summed E-state index contributed by atoms with van der Waals surface area (Å²) in [5, 5.41) is 13.5. The zero-order valence-corrected chi connectivity index (χ0v) is 14.9. The average molecular weight is 385 g/mol. The molecule has 1 fully saturated rings. The number of aromatic nitrogens is 2. The van der Waals surface area contributed by atoms with Crippen LogP contribution in [0, 0.1) is 5.92 Å². The van der Waals surface area contributed by atoms with Crippen molar-refractivity contribution in [2.75, 3.05) is 19.7 Å². The molecule has 2 aromatic rings. The first-order valence-electron chi connectivity index (χ1n) is 8.38. The standard InChI is InChI=1S/C17H21F2N3O3S/c18-17(19)11-21-10-15(8-20-21)26(24,25)22-7-6-16(14(9-22)12-23)13-4-2-1-3-5-13/h1-5,8,10,14,16-17,23H,6-7,9,11-12H2/t14-,16+/m1/s1. The Hall–Kier alpha value is -1.84. The molecule has 2 heterocycles. The third-order valence-electron chi connectivity index (χ3n) is 4.73. The summed E-state index contributed by atoms with van der Waals surface area (Å²) < 4.78 is 52.7. The third kappa shape index (κ3) is 3.94. The topological polar surface area (TPSA) is 75.4 Å². The Morgan fingerprint density at radius 1 is 1.27 bits per heavy atom. The fraction of sp³-hybridized carbons (Fsp3) is 0.471. The summed E-state index contributed by atoms with van der Waals surface area (Å²) in [5.74, 6) is -0.147. The van der Waals surface area contributed by atoms with Crippen molar-refractivity contribution in [2.45, 2.75) is 30.2 Å². The molecule has 0 unspecified atom stereocenters. The van der Waals surface area contributed by atoms with Crippen LogP contribution >= 0.6 is 0 Å². The van der Waals surface area contributed by atoms with Gasteiger partial charge in [-0.3, -0.25) is 4.68 Å². The summed E-state index contributed by atoms with van der Waals surface area (Å²) in [6.45, 7) is -0.294. The molecule has 0 bridgehead atoms. The molecule has 3 rings (SSSR count). The molecule has 1 aliphatic rings. The van der Waals surface area contributed by atoms with Crippen molar-refractivity contribution in [3.63, 3.8) is 0 Å². The van der Waals surface area contributed by atoms with E-state index in [0.717, 1.165) is 22.6 Å². The van der Waals surface area contributed by atoms with E-state index in [2.05, 4.69) is 5.10 Å². The van der Waals surface area contributed by atoms with E-state index in [1.807, 2.05) is 30.3 Å². The van der Waals surface area contributed by atoms with Crippen molar-refractivity contribution in [1.82, 2.24) is 14.1 Å². The second-order valence-electron chi connectivity index (χ2n) is 6.40. The minimum Gasteiger partial charge on any atom is -0.396 e. The molecule has 2 atom stereocenters. The van der Waals surface area contributed by atoms with Gasteiger partial charge in [-0.05, 0) is 17.9 Å². The van der Waals surface area contributed by atoms with Gasteiger partial charge in [-0.15, -0.1) is 0 Å². The largest absolute Gasteiger partial charge is 0.396 e. The molecule has 0 radical (unpaired) electrons. The van der Waals surface area contributed by atoms with Gasteiger partial charge in [-0.1, -0.05) is 30.3 Å². The van der Waals surface area contributed by atoms with Gasteiger partial charge in [-0.25, -0.2) is 17.2 Å². The number of piperidine rings is 1. The van der Waals surface area contributed by atoms with Crippen molar-refractivity contribution in [3.8, 4) is 0 Å². The highest BCUT2D eigenvalue weighted by atomic mass is 32.2. The molecule has 0 spiro atoms. The fourth-order valence-electron chi connectivity index (χ4n) is 3.41. The number of hydrogen-bond donors (Lipinski definition) is 1. The van der Waals surface area contributed by atoms with Gasteiger partial charge in [0.2, 0.25) is 10.0 Å². The van der Waals surface area contributed by atoms with E-state index < -0.39 is 23.0 Å². The van der Waals surface area contributed by atoms with Crippen LogP contribution in [0.3, 0.4) is 0 Å². The highest BCUT2D eigenvalue weighted by Gasteiger charge is 2.36. The number of rotatable bonds is 6. The molecule has 1 saturated heterocycles. The Kier molecular flexibility index (Phi) is 5.69. The Bertz CT molecular complexity index is 827. The Morgan fingerprint density at radius 2 is 2.00 bits per heavy atom. The number of benzene rings is 1. The summed E-state index contributed by atoms with van der Waals surface area (Å²) >= 11 is 0. The number of aliphatic hydroxyl groups is 1. The van der Waals surface area contributed by atoms with Gasteiger partial charge in [0.1, 0.15) is 11.4 Å². The lowest BCUT2D eigenvalue weighted by atomic mass is 9.82. The lowest BCUT2D eigenvalue weighted by molar-refractivity contribution is 0.121. The molecule has 9 heteroatoms. The molecule has 1 aromatic carbocycles. The SMILES string of the molecule is O=S(=O)(c1cnn(CC(F)F)c1)N1CC[C@@H](c2ccccc2)[C@@H](CO)C1. The van der Waals surface area contributed by atoms with Gasteiger partial charge in [0.25, 0.3) is 6.43 Å². The summed E-state index contributed by atoms with van der Waals surface area (Å²) in [5.41, 5.74) is 1.08. The van der Waals surface area contributed by atoms with Gasteiger partial charge >= 0.3 is 0 Å². The predicted octanol–water partition coefficient (Wildman–Crippen LogP) is 1.93. The van der Waals surface area contributed by atoms with Crippen LogP contribution in [0.15, 0.2) is 47.6 Å². The van der Waals surface area contributed by atoms with E-state index in [9.17, 15) is 22.3 Å². The molecular weight excluding hydrogens is 364 g/mol. The van der Waals surface area contributed by atoms with Crippen LogP contribution in [0.2, 0.25) is 0 Å². The molecule has 1 aliphatic heterocycles. The Balaban J connectivity index is 1.77.